The number of benzene rings is 2. The van der Waals surface area contributed by atoms with E-state index in [1.807, 2.05) is 17.8 Å². The molecular weight excluding hydrogens is 489 g/mol. The number of rotatable bonds is 7. The van der Waals surface area contributed by atoms with Gasteiger partial charge in [0, 0.05) is 46.9 Å². The van der Waals surface area contributed by atoms with Crippen LogP contribution in [0.4, 0.5) is 4.39 Å². The second-order valence-corrected chi connectivity index (χ2v) is 13.5. The van der Waals surface area contributed by atoms with Crippen LogP contribution in [-0.4, -0.2) is 34.4 Å². The Bertz CT molecular complexity index is 1250. The van der Waals surface area contributed by atoms with Crippen molar-refractivity contribution in [1.82, 2.24) is 14.8 Å². The van der Waals surface area contributed by atoms with Crippen LogP contribution in [0, 0.1) is 17.7 Å². The molecule has 2 aliphatic carbocycles. The standard InChI is InChI=1S/C33H40FN3S/c34-32-7-3-6-31-30(32)14-18-35-33(31,25-4-1-2-5-25)26-16-19-36(20-17-26)22-24-15-21-37(23-24)27-8-10-28(11-9-27)38-29-12-13-29/h3,6-11,15,21,23,25-26,29,35H,1-2,4-5,12-14,16-20,22H2. The molecule has 1 saturated heterocycles. The van der Waals surface area contributed by atoms with Gasteiger partial charge in [-0.2, -0.15) is 0 Å². The Hall–Kier alpha value is -2.08. The Balaban J connectivity index is 1.03. The molecule has 3 fully saturated rings. The number of halogens is 1. The Morgan fingerprint density at radius 1 is 0.895 bits per heavy atom. The van der Waals surface area contributed by atoms with E-state index in [1.165, 1.54) is 73.1 Å². The summed E-state index contributed by atoms with van der Waals surface area (Å²) in [7, 11) is 0. The number of piperidine rings is 1. The van der Waals surface area contributed by atoms with Gasteiger partial charge in [-0.3, -0.25) is 4.90 Å². The van der Waals surface area contributed by atoms with E-state index < -0.39 is 0 Å². The number of hydrogen-bond donors (Lipinski definition) is 1. The summed E-state index contributed by atoms with van der Waals surface area (Å²) in [5.41, 5.74) is 4.84. The van der Waals surface area contributed by atoms with Gasteiger partial charge in [0.1, 0.15) is 5.82 Å². The third-order valence-electron chi connectivity index (χ3n) is 9.71. The van der Waals surface area contributed by atoms with Crippen molar-refractivity contribution in [1.29, 1.82) is 0 Å². The molecular formula is C33H40FN3S. The van der Waals surface area contributed by atoms with Gasteiger partial charge in [-0.25, -0.2) is 4.39 Å². The van der Waals surface area contributed by atoms with Crippen molar-refractivity contribution in [3.05, 3.63) is 83.4 Å². The highest BCUT2D eigenvalue weighted by atomic mass is 32.2. The fraction of sp³-hybridized carbons (Fsp3) is 0.515. The van der Waals surface area contributed by atoms with Gasteiger partial charge in [0.2, 0.25) is 0 Å². The normalized spacial score (nSPS) is 25.1. The molecule has 2 aliphatic heterocycles. The first kappa shape index (κ1) is 24.9. The van der Waals surface area contributed by atoms with E-state index >= 15 is 0 Å². The minimum atomic E-state index is -0.0500. The van der Waals surface area contributed by atoms with E-state index in [4.69, 9.17) is 0 Å². The number of nitrogens with one attached hydrogen (secondary N) is 1. The molecule has 2 aromatic carbocycles. The smallest absolute Gasteiger partial charge is 0.126 e. The summed E-state index contributed by atoms with van der Waals surface area (Å²) in [4.78, 5) is 4.02. The molecule has 1 atom stereocenters. The Morgan fingerprint density at radius 2 is 1.66 bits per heavy atom. The summed E-state index contributed by atoms with van der Waals surface area (Å²) >= 11 is 2.02. The second-order valence-electron chi connectivity index (χ2n) is 12.1. The first-order chi connectivity index (χ1) is 18.7. The number of thioether (sulfide) groups is 1. The molecule has 1 unspecified atom stereocenters. The average molecular weight is 530 g/mol. The summed E-state index contributed by atoms with van der Waals surface area (Å²) in [5, 5.41) is 4.89. The summed E-state index contributed by atoms with van der Waals surface area (Å²) in [6.45, 7) is 4.14. The Labute approximate surface area is 231 Å². The second kappa shape index (κ2) is 10.5. The first-order valence-electron chi connectivity index (χ1n) is 14.9. The number of aromatic nitrogens is 1. The van der Waals surface area contributed by atoms with Crippen LogP contribution in [0.15, 0.2) is 65.8 Å². The molecule has 7 rings (SSSR count). The van der Waals surface area contributed by atoms with E-state index in [0.717, 1.165) is 43.4 Å². The molecule has 0 amide bonds. The molecule has 2 saturated carbocycles. The molecule has 4 aliphatic rings. The third kappa shape index (κ3) is 4.76. The maximum Gasteiger partial charge on any atom is 0.126 e. The van der Waals surface area contributed by atoms with E-state index in [-0.39, 0.29) is 11.4 Å². The van der Waals surface area contributed by atoms with Gasteiger partial charge in [-0.15, -0.1) is 11.8 Å². The lowest BCUT2D eigenvalue weighted by Crippen LogP contribution is -2.58. The monoisotopic (exact) mass is 529 g/mol. The topological polar surface area (TPSA) is 20.2 Å². The van der Waals surface area contributed by atoms with Crippen molar-refractivity contribution in [3.8, 4) is 5.69 Å². The van der Waals surface area contributed by atoms with Crippen LogP contribution >= 0.6 is 11.8 Å². The fourth-order valence-corrected chi connectivity index (χ4v) is 8.76. The van der Waals surface area contributed by atoms with Crippen LogP contribution in [0.5, 0.6) is 0 Å². The lowest BCUT2D eigenvalue weighted by molar-refractivity contribution is 0.0529. The Kier molecular flexibility index (Phi) is 6.87. The molecule has 38 heavy (non-hydrogen) atoms. The Morgan fingerprint density at radius 3 is 2.42 bits per heavy atom. The van der Waals surface area contributed by atoms with Crippen LogP contribution in [-0.2, 0) is 18.5 Å². The fourth-order valence-electron chi connectivity index (χ4n) is 7.71. The summed E-state index contributed by atoms with van der Waals surface area (Å²) in [5.74, 6) is 1.20. The first-order valence-corrected chi connectivity index (χ1v) is 15.8. The quantitative estimate of drug-likeness (QED) is 0.346. The van der Waals surface area contributed by atoms with Crippen LogP contribution in [0.2, 0.25) is 0 Å². The minimum Gasteiger partial charge on any atom is -0.324 e. The third-order valence-corrected chi connectivity index (χ3v) is 11.1. The van der Waals surface area contributed by atoms with Crippen molar-refractivity contribution in [2.45, 2.75) is 80.0 Å². The maximum atomic E-state index is 14.9. The van der Waals surface area contributed by atoms with E-state index in [1.54, 1.807) is 6.07 Å². The number of nitrogens with zero attached hydrogens (tertiary/aromatic N) is 2. The van der Waals surface area contributed by atoms with Crippen LogP contribution in [0.25, 0.3) is 5.69 Å². The van der Waals surface area contributed by atoms with Crippen molar-refractivity contribution in [2.24, 2.45) is 11.8 Å². The van der Waals surface area contributed by atoms with Crippen LogP contribution in [0.3, 0.4) is 0 Å². The van der Waals surface area contributed by atoms with Gasteiger partial charge in [0.25, 0.3) is 0 Å². The number of likely N-dealkylation sites (tertiary alicyclic amines) is 1. The highest BCUT2D eigenvalue weighted by Gasteiger charge is 2.50. The molecule has 3 heterocycles. The molecule has 3 nitrogen and oxygen atoms in total. The summed E-state index contributed by atoms with van der Waals surface area (Å²) in [6, 6.07) is 17.2. The van der Waals surface area contributed by atoms with E-state index in [0.29, 0.717) is 11.8 Å². The zero-order valence-corrected chi connectivity index (χ0v) is 23.2. The molecule has 0 bridgehead atoms. The molecule has 1 aromatic heterocycles. The van der Waals surface area contributed by atoms with Crippen molar-refractivity contribution < 1.29 is 4.39 Å². The van der Waals surface area contributed by atoms with Crippen molar-refractivity contribution in [3.63, 3.8) is 0 Å². The number of hydrogen-bond acceptors (Lipinski definition) is 3. The van der Waals surface area contributed by atoms with Gasteiger partial charge < -0.3 is 9.88 Å². The average Bonchev–Trinajstić information content (AvgIpc) is 3.37. The highest BCUT2D eigenvalue weighted by Crippen LogP contribution is 2.51. The van der Waals surface area contributed by atoms with Gasteiger partial charge in [-0.05, 0) is 123 Å². The molecule has 5 heteroatoms. The predicted molar refractivity (Wildman–Crippen MR) is 154 cm³/mol. The molecule has 1 N–H and O–H groups in total. The predicted octanol–water partition coefficient (Wildman–Crippen LogP) is 7.31. The van der Waals surface area contributed by atoms with Gasteiger partial charge in [0.15, 0.2) is 0 Å². The minimum absolute atomic E-state index is 0.00428. The van der Waals surface area contributed by atoms with E-state index in [2.05, 4.69) is 63.6 Å². The largest absolute Gasteiger partial charge is 0.324 e. The molecule has 200 valence electrons. The van der Waals surface area contributed by atoms with Gasteiger partial charge in [0.05, 0.1) is 0 Å². The SMILES string of the molecule is Fc1cccc2c1CCNC2(C1CCCC1)C1CCN(Cc2ccn(-c3ccc(SC4CC4)cc3)c2)CC1. The highest BCUT2D eigenvalue weighted by molar-refractivity contribution is 8.00. The zero-order valence-electron chi connectivity index (χ0n) is 22.4. The maximum absolute atomic E-state index is 14.9. The van der Waals surface area contributed by atoms with E-state index in [9.17, 15) is 4.39 Å². The van der Waals surface area contributed by atoms with Gasteiger partial charge >= 0.3 is 0 Å². The van der Waals surface area contributed by atoms with Crippen LogP contribution < -0.4 is 5.32 Å². The zero-order chi connectivity index (χ0) is 25.5. The number of fused-ring (bicyclic) bond motifs is 1. The lowest BCUT2D eigenvalue weighted by Gasteiger charge is -2.52. The summed E-state index contributed by atoms with van der Waals surface area (Å²) < 4.78 is 17.2. The van der Waals surface area contributed by atoms with Crippen LogP contribution in [0.1, 0.15) is 68.1 Å². The van der Waals surface area contributed by atoms with Crippen molar-refractivity contribution in [2.75, 3.05) is 19.6 Å². The lowest BCUT2D eigenvalue weighted by atomic mass is 9.63. The molecule has 0 spiro atoms. The summed E-state index contributed by atoms with van der Waals surface area (Å²) in [6.07, 6.45) is 15.6. The molecule has 3 aromatic rings. The van der Waals surface area contributed by atoms with Gasteiger partial charge in [-0.1, -0.05) is 25.0 Å². The van der Waals surface area contributed by atoms with Crippen molar-refractivity contribution >= 4 is 11.8 Å². The molecule has 0 radical (unpaired) electrons.